The largest absolute Gasteiger partial charge is 0.361 e. The number of anilines is 1. The minimum absolute atomic E-state index is 0.0736. The molecule has 2 amide bonds. The molecule has 1 aromatic heterocycles. The number of hydrogen-bond donors (Lipinski definition) is 1. The van der Waals surface area contributed by atoms with E-state index in [1.54, 1.807) is 38.4 Å². The predicted octanol–water partition coefficient (Wildman–Crippen LogP) is 1.76. The second-order valence-corrected chi connectivity index (χ2v) is 5.93. The zero-order valence-electron chi connectivity index (χ0n) is 14.4. The Balaban J connectivity index is 1.86. The molecule has 1 aromatic carbocycles. The maximum atomic E-state index is 12.1. The lowest BCUT2D eigenvalue weighted by Crippen LogP contribution is -2.30. The van der Waals surface area contributed by atoms with Crippen molar-refractivity contribution in [3.63, 3.8) is 0 Å². The van der Waals surface area contributed by atoms with E-state index in [0.717, 1.165) is 11.5 Å². The van der Waals surface area contributed by atoms with E-state index in [1.165, 1.54) is 4.90 Å². The molecule has 0 saturated heterocycles. The second kappa shape index (κ2) is 7.74. The van der Waals surface area contributed by atoms with Crippen LogP contribution in [-0.4, -0.2) is 54.5 Å². The van der Waals surface area contributed by atoms with E-state index < -0.39 is 0 Å². The lowest BCUT2D eigenvalue weighted by Gasteiger charge is -2.15. The molecule has 0 aliphatic rings. The molecule has 0 radical (unpaired) electrons. The number of nitrogens with zero attached hydrogens (tertiary/aromatic N) is 3. The van der Waals surface area contributed by atoms with Crippen LogP contribution in [0.5, 0.6) is 0 Å². The fourth-order valence-electron chi connectivity index (χ4n) is 2.22. The van der Waals surface area contributed by atoms with Crippen LogP contribution in [0.25, 0.3) is 0 Å². The number of aromatic nitrogens is 1. The highest BCUT2D eigenvalue weighted by Crippen LogP contribution is 2.11. The van der Waals surface area contributed by atoms with Crippen LogP contribution in [0, 0.1) is 6.92 Å². The molecular weight excluding hydrogens is 308 g/mol. The predicted molar refractivity (Wildman–Crippen MR) is 90.7 cm³/mol. The quantitative estimate of drug-likeness (QED) is 0.873. The van der Waals surface area contributed by atoms with Crippen molar-refractivity contribution >= 4 is 17.5 Å². The van der Waals surface area contributed by atoms with Gasteiger partial charge in [-0.25, -0.2) is 0 Å². The molecular formula is C17H22N4O3. The Hall–Kier alpha value is -2.67. The number of carbonyl (C=O) groups is 2. The van der Waals surface area contributed by atoms with Gasteiger partial charge in [-0.05, 0) is 38.2 Å². The highest BCUT2D eigenvalue weighted by atomic mass is 16.5. The number of amides is 2. The van der Waals surface area contributed by atoms with Gasteiger partial charge in [0.1, 0.15) is 5.76 Å². The topological polar surface area (TPSA) is 78.7 Å². The molecule has 0 saturated carbocycles. The van der Waals surface area contributed by atoms with Crippen LogP contribution in [0.1, 0.15) is 21.8 Å². The SMILES string of the molecule is Cc1cc(CN(C)CC(=O)Nc2ccc(C(=O)N(C)C)cc2)no1. The first-order valence-corrected chi connectivity index (χ1v) is 7.57. The van der Waals surface area contributed by atoms with Crippen LogP contribution in [0.3, 0.4) is 0 Å². The summed E-state index contributed by atoms with van der Waals surface area (Å²) in [4.78, 5) is 27.2. The minimum Gasteiger partial charge on any atom is -0.361 e. The summed E-state index contributed by atoms with van der Waals surface area (Å²) >= 11 is 0. The molecule has 0 unspecified atom stereocenters. The fraction of sp³-hybridized carbons (Fsp3) is 0.353. The van der Waals surface area contributed by atoms with Crippen molar-refractivity contribution in [2.75, 3.05) is 33.0 Å². The molecule has 0 aliphatic heterocycles. The van der Waals surface area contributed by atoms with Crippen molar-refractivity contribution in [1.82, 2.24) is 15.0 Å². The normalized spacial score (nSPS) is 10.7. The van der Waals surface area contributed by atoms with Gasteiger partial charge >= 0.3 is 0 Å². The molecule has 0 spiro atoms. The Kier molecular flexibility index (Phi) is 5.70. The minimum atomic E-state index is -0.135. The molecule has 128 valence electrons. The van der Waals surface area contributed by atoms with Crippen molar-refractivity contribution in [2.45, 2.75) is 13.5 Å². The molecule has 7 nitrogen and oxygen atoms in total. The summed E-state index contributed by atoms with van der Waals surface area (Å²) in [5, 5.41) is 6.71. The Bertz CT molecular complexity index is 707. The van der Waals surface area contributed by atoms with E-state index in [1.807, 2.05) is 24.9 Å². The number of benzene rings is 1. The van der Waals surface area contributed by atoms with Crippen LogP contribution in [-0.2, 0) is 11.3 Å². The first-order valence-electron chi connectivity index (χ1n) is 7.57. The van der Waals surface area contributed by atoms with Crippen LogP contribution in [0.2, 0.25) is 0 Å². The van der Waals surface area contributed by atoms with Crippen LogP contribution in [0.4, 0.5) is 5.69 Å². The Morgan fingerprint density at radius 2 is 1.83 bits per heavy atom. The maximum Gasteiger partial charge on any atom is 0.253 e. The molecule has 1 N–H and O–H groups in total. The van der Waals surface area contributed by atoms with Crippen molar-refractivity contribution in [3.05, 3.63) is 47.3 Å². The highest BCUT2D eigenvalue weighted by Gasteiger charge is 2.11. The first-order chi connectivity index (χ1) is 11.3. The molecule has 2 rings (SSSR count). The van der Waals surface area contributed by atoms with Gasteiger partial charge in [-0.1, -0.05) is 5.16 Å². The third kappa shape index (κ3) is 4.92. The number of carbonyl (C=O) groups excluding carboxylic acids is 2. The van der Waals surface area contributed by atoms with Gasteiger partial charge < -0.3 is 14.7 Å². The van der Waals surface area contributed by atoms with E-state index in [4.69, 9.17) is 4.52 Å². The maximum absolute atomic E-state index is 12.1. The van der Waals surface area contributed by atoms with Crippen LogP contribution < -0.4 is 5.32 Å². The molecule has 1 heterocycles. The average molecular weight is 330 g/mol. The first kappa shape index (κ1) is 17.7. The molecule has 0 atom stereocenters. The molecule has 24 heavy (non-hydrogen) atoms. The van der Waals surface area contributed by atoms with Crippen LogP contribution in [0.15, 0.2) is 34.9 Å². The van der Waals surface area contributed by atoms with Gasteiger partial charge in [0, 0.05) is 38.0 Å². The van der Waals surface area contributed by atoms with Gasteiger partial charge in [-0.15, -0.1) is 0 Å². The molecule has 0 aliphatic carbocycles. The monoisotopic (exact) mass is 330 g/mol. The lowest BCUT2D eigenvalue weighted by atomic mass is 10.2. The summed E-state index contributed by atoms with van der Waals surface area (Å²) in [5.41, 5.74) is 2.02. The Morgan fingerprint density at radius 1 is 1.17 bits per heavy atom. The molecule has 7 heteroatoms. The van der Waals surface area contributed by atoms with E-state index in [9.17, 15) is 9.59 Å². The zero-order chi connectivity index (χ0) is 17.7. The third-order valence-corrected chi connectivity index (χ3v) is 3.34. The Morgan fingerprint density at radius 3 is 2.38 bits per heavy atom. The summed E-state index contributed by atoms with van der Waals surface area (Å²) in [6.07, 6.45) is 0. The standard InChI is InChI=1S/C17H22N4O3/c1-12-9-15(19-24-12)10-21(4)11-16(22)18-14-7-5-13(6-8-14)17(23)20(2)3/h5-9H,10-11H2,1-4H3,(H,18,22). The van der Waals surface area contributed by atoms with Crippen molar-refractivity contribution < 1.29 is 14.1 Å². The number of likely N-dealkylation sites (N-methyl/N-ethyl adjacent to an activating group) is 1. The van der Waals surface area contributed by atoms with Crippen molar-refractivity contribution in [3.8, 4) is 0 Å². The van der Waals surface area contributed by atoms with Gasteiger partial charge in [0.05, 0.1) is 12.2 Å². The van der Waals surface area contributed by atoms with E-state index in [0.29, 0.717) is 17.8 Å². The Labute approximate surface area is 141 Å². The van der Waals surface area contributed by atoms with E-state index >= 15 is 0 Å². The number of nitrogens with one attached hydrogen (secondary N) is 1. The number of aryl methyl sites for hydroxylation is 1. The summed E-state index contributed by atoms with van der Waals surface area (Å²) in [6, 6.07) is 8.67. The van der Waals surface area contributed by atoms with Gasteiger partial charge in [0.25, 0.3) is 5.91 Å². The summed E-state index contributed by atoms with van der Waals surface area (Å²) < 4.78 is 5.01. The zero-order valence-corrected chi connectivity index (χ0v) is 14.4. The van der Waals surface area contributed by atoms with Crippen LogP contribution >= 0.6 is 0 Å². The highest BCUT2D eigenvalue weighted by molar-refractivity contribution is 5.95. The lowest BCUT2D eigenvalue weighted by molar-refractivity contribution is -0.117. The number of rotatable bonds is 6. The summed E-state index contributed by atoms with van der Waals surface area (Å²) in [7, 11) is 5.23. The summed E-state index contributed by atoms with van der Waals surface area (Å²) in [5.74, 6) is 0.537. The fourth-order valence-corrected chi connectivity index (χ4v) is 2.22. The molecule has 0 fully saturated rings. The van der Waals surface area contributed by atoms with Gasteiger partial charge in [0.15, 0.2) is 0 Å². The van der Waals surface area contributed by atoms with Gasteiger partial charge in [0.2, 0.25) is 5.91 Å². The smallest absolute Gasteiger partial charge is 0.253 e. The summed E-state index contributed by atoms with van der Waals surface area (Å²) in [6.45, 7) is 2.58. The second-order valence-electron chi connectivity index (χ2n) is 5.93. The number of hydrogen-bond acceptors (Lipinski definition) is 5. The molecule has 0 bridgehead atoms. The van der Waals surface area contributed by atoms with Gasteiger partial charge in [-0.3, -0.25) is 14.5 Å². The molecule has 2 aromatic rings. The van der Waals surface area contributed by atoms with Crippen molar-refractivity contribution in [2.24, 2.45) is 0 Å². The average Bonchev–Trinajstić information content (AvgIpc) is 2.91. The van der Waals surface area contributed by atoms with Crippen molar-refractivity contribution in [1.29, 1.82) is 0 Å². The van der Waals surface area contributed by atoms with Gasteiger partial charge in [-0.2, -0.15) is 0 Å². The van der Waals surface area contributed by atoms with E-state index in [-0.39, 0.29) is 18.4 Å². The third-order valence-electron chi connectivity index (χ3n) is 3.34. The van der Waals surface area contributed by atoms with E-state index in [2.05, 4.69) is 10.5 Å².